The van der Waals surface area contributed by atoms with Crippen molar-refractivity contribution in [3.63, 3.8) is 0 Å². The molecule has 0 amide bonds. The number of nitrogens with zero attached hydrogens (tertiary/aromatic N) is 1. The number of aryl methyl sites for hydroxylation is 1. The fraction of sp³-hybridized carbons (Fsp3) is 0.308. The number of hydrogen-bond acceptors (Lipinski definition) is 2. The van der Waals surface area contributed by atoms with Crippen LogP contribution < -0.4 is 4.90 Å². The summed E-state index contributed by atoms with van der Waals surface area (Å²) in [6.45, 7) is 5.90. The molecule has 2 nitrogen and oxygen atoms in total. The summed E-state index contributed by atoms with van der Waals surface area (Å²) in [7, 11) is 1.89. The number of benzene rings is 1. The zero-order valence-corrected chi connectivity index (χ0v) is 10.8. The molecular formula is C13H16ClNO. The van der Waals surface area contributed by atoms with Crippen molar-refractivity contribution in [2.75, 3.05) is 11.9 Å². The Hall–Kier alpha value is -1.28. The van der Waals surface area contributed by atoms with E-state index < -0.39 is 0 Å². The second-order valence-corrected chi connectivity index (χ2v) is 4.47. The van der Waals surface area contributed by atoms with Gasteiger partial charge in [0, 0.05) is 18.8 Å². The number of carbonyl (C=O) groups is 1. The van der Waals surface area contributed by atoms with Crippen molar-refractivity contribution >= 4 is 23.6 Å². The van der Waals surface area contributed by atoms with Crippen molar-refractivity contribution < 1.29 is 4.79 Å². The van der Waals surface area contributed by atoms with Crippen LogP contribution in [0.3, 0.4) is 0 Å². The number of allylic oxidation sites excluding steroid dienone is 1. The third-order valence-corrected chi connectivity index (χ3v) is 2.61. The van der Waals surface area contributed by atoms with Gasteiger partial charge in [-0.3, -0.25) is 4.79 Å². The van der Waals surface area contributed by atoms with E-state index in [0.29, 0.717) is 10.6 Å². The van der Waals surface area contributed by atoms with E-state index in [9.17, 15) is 4.79 Å². The van der Waals surface area contributed by atoms with Crippen LogP contribution >= 0.6 is 11.6 Å². The second kappa shape index (κ2) is 5.17. The third kappa shape index (κ3) is 2.64. The van der Waals surface area contributed by atoms with Crippen LogP contribution in [-0.2, 0) is 0 Å². The van der Waals surface area contributed by atoms with E-state index in [1.807, 2.05) is 51.1 Å². The highest BCUT2D eigenvalue weighted by Gasteiger charge is 2.12. The number of halogens is 1. The van der Waals surface area contributed by atoms with Crippen LogP contribution in [0.1, 0.15) is 29.8 Å². The maximum Gasteiger partial charge on any atom is 0.152 e. The third-order valence-electron chi connectivity index (χ3n) is 2.31. The predicted octanol–water partition coefficient (Wildman–Crippen LogP) is 3.82. The lowest BCUT2D eigenvalue weighted by atomic mass is 10.1. The highest BCUT2D eigenvalue weighted by Crippen LogP contribution is 2.30. The number of anilines is 1. The van der Waals surface area contributed by atoms with Crippen molar-refractivity contribution in [3.05, 3.63) is 40.1 Å². The second-order valence-electron chi connectivity index (χ2n) is 4.06. The molecule has 1 rings (SSSR count). The zero-order chi connectivity index (χ0) is 12.3. The van der Waals surface area contributed by atoms with Gasteiger partial charge in [-0.2, -0.15) is 0 Å². The molecule has 0 saturated heterocycles. The van der Waals surface area contributed by atoms with E-state index in [1.165, 1.54) is 0 Å². The molecule has 0 atom stereocenters. The quantitative estimate of drug-likeness (QED) is 0.745. The van der Waals surface area contributed by atoms with E-state index in [0.717, 1.165) is 23.1 Å². The minimum Gasteiger partial charge on any atom is -0.349 e. The molecule has 0 fully saturated rings. The fourth-order valence-corrected chi connectivity index (χ4v) is 1.94. The van der Waals surface area contributed by atoms with Gasteiger partial charge in [-0.1, -0.05) is 23.2 Å². The Labute approximate surface area is 102 Å². The first-order valence-electron chi connectivity index (χ1n) is 5.09. The van der Waals surface area contributed by atoms with Gasteiger partial charge >= 0.3 is 0 Å². The van der Waals surface area contributed by atoms with Gasteiger partial charge < -0.3 is 4.90 Å². The Morgan fingerprint density at radius 1 is 1.38 bits per heavy atom. The average Bonchev–Trinajstić information content (AvgIpc) is 2.19. The lowest BCUT2D eigenvalue weighted by molar-refractivity contribution is 0.112. The first-order chi connectivity index (χ1) is 7.47. The molecule has 3 heteroatoms. The molecule has 0 aliphatic rings. The van der Waals surface area contributed by atoms with Crippen LogP contribution in [0.5, 0.6) is 0 Å². The summed E-state index contributed by atoms with van der Waals surface area (Å²) in [5, 5.41) is 0.590. The van der Waals surface area contributed by atoms with Gasteiger partial charge in [-0.15, -0.1) is 0 Å². The van der Waals surface area contributed by atoms with E-state index in [4.69, 9.17) is 11.6 Å². The Kier molecular flexibility index (Phi) is 4.13. The number of aldehydes is 1. The van der Waals surface area contributed by atoms with E-state index in [1.54, 1.807) is 0 Å². The summed E-state index contributed by atoms with van der Waals surface area (Å²) < 4.78 is 0. The molecule has 0 heterocycles. The summed E-state index contributed by atoms with van der Waals surface area (Å²) in [4.78, 5) is 13.0. The summed E-state index contributed by atoms with van der Waals surface area (Å²) in [6, 6.07) is 3.67. The molecule has 0 aromatic heterocycles. The van der Waals surface area contributed by atoms with Crippen LogP contribution in [0.2, 0.25) is 5.02 Å². The lowest BCUT2D eigenvalue weighted by Gasteiger charge is -2.20. The lowest BCUT2D eigenvalue weighted by Crippen LogP contribution is -2.12. The van der Waals surface area contributed by atoms with E-state index >= 15 is 0 Å². The van der Waals surface area contributed by atoms with Gasteiger partial charge in [0.2, 0.25) is 0 Å². The van der Waals surface area contributed by atoms with Gasteiger partial charge in [-0.25, -0.2) is 0 Å². The zero-order valence-electron chi connectivity index (χ0n) is 10.0. The SMILES string of the molecule is CC(C)=CN(C)c1c(Cl)ccc(C)c1C=O. The van der Waals surface area contributed by atoms with Gasteiger partial charge in [0.15, 0.2) is 6.29 Å². The highest BCUT2D eigenvalue weighted by atomic mass is 35.5. The highest BCUT2D eigenvalue weighted by molar-refractivity contribution is 6.34. The fourth-order valence-electron chi connectivity index (χ4n) is 1.64. The van der Waals surface area contributed by atoms with Crippen LogP contribution in [0.4, 0.5) is 5.69 Å². The van der Waals surface area contributed by atoms with Crippen molar-refractivity contribution in [1.29, 1.82) is 0 Å². The summed E-state index contributed by atoms with van der Waals surface area (Å²) in [5.41, 5.74) is 3.49. The molecule has 0 unspecified atom stereocenters. The maximum atomic E-state index is 11.1. The standard InChI is InChI=1S/C13H16ClNO/c1-9(2)7-15(4)13-11(8-16)10(3)5-6-12(13)14/h5-8H,1-4H3. The average molecular weight is 238 g/mol. The van der Waals surface area contributed by atoms with Gasteiger partial charge in [-0.05, 0) is 32.4 Å². The number of carbonyl (C=O) groups excluding carboxylic acids is 1. The van der Waals surface area contributed by atoms with Crippen molar-refractivity contribution in [1.82, 2.24) is 0 Å². The normalized spacial score (nSPS) is 9.81. The molecule has 0 aliphatic carbocycles. The smallest absolute Gasteiger partial charge is 0.152 e. The van der Waals surface area contributed by atoms with Gasteiger partial charge in [0.25, 0.3) is 0 Å². The molecule has 0 spiro atoms. The van der Waals surface area contributed by atoms with Crippen LogP contribution in [0, 0.1) is 6.92 Å². The van der Waals surface area contributed by atoms with E-state index in [2.05, 4.69) is 0 Å². The number of rotatable bonds is 3. The first kappa shape index (κ1) is 12.8. The summed E-state index contributed by atoms with van der Waals surface area (Å²) >= 11 is 6.13. The topological polar surface area (TPSA) is 20.3 Å². The molecule has 0 bridgehead atoms. The summed E-state index contributed by atoms with van der Waals surface area (Å²) in [5.74, 6) is 0. The van der Waals surface area contributed by atoms with Crippen molar-refractivity contribution in [2.24, 2.45) is 0 Å². The molecular weight excluding hydrogens is 222 g/mol. The van der Waals surface area contributed by atoms with Crippen molar-refractivity contribution in [2.45, 2.75) is 20.8 Å². The molecule has 0 radical (unpaired) electrons. The molecule has 1 aromatic rings. The Morgan fingerprint density at radius 3 is 2.50 bits per heavy atom. The molecule has 0 aliphatic heterocycles. The largest absolute Gasteiger partial charge is 0.349 e. The van der Waals surface area contributed by atoms with Crippen LogP contribution in [0.15, 0.2) is 23.9 Å². The molecule has 0 N–H and O–H groups in total. The number of hydrogen-bond donors (Lipinski definition) is 0. The van der Waals surface area contributed by atoms with Gasteiger partial charge in [0.1, 0.15) is 0 Å². The van der Waals surface area contributed by atoms with Crippen LogP contribution in [-0.4, -0.2) is 13.3 Å². The Morgan fingerprint density at radius 2 is 2.00 bits per heavy atom. The molecule has 1 aromatic carbocycles. The minimum atomic E-state index is 0.590. The minimum absolute atomic E-state index is 0.590. The summed E-state index contributed by atoms with van der Waals surface area (Å²) in [6.07, 6.45) is 2.81. The van der Waals surface area contributed by atoms with Crippen molar-refractivity contribution in [3.8, 4) is 0 Å². The molecule has 86 valence electrons. The Balaban J connectivity index is 3.36. The van der Waals surface area contributed by atoms with E-state index in [-0.39, 0.29) is 0 Å². The Bertz CT molecular complexity index is 434. The monoisotopic (exact) mass is 237 g/mol. The predicted molar refractivity (Wildman–Crippen MR) is 69.4 cm³/mol. The first-order valence-corrected chi connectivity index (χ1v) is 5.47. The molecule has 16 heavy (non-hydrogen) atoms. The van der Waals surface area contributed by atoms with Crippen LogP contribution in [0.25, 0.3) is 0 Å². The van der Waals surface area contributed by atoms with Gasteiger partial charge in [0.05, 0.1) is 10.7 Å². The maximum absolute atomic E-state index is 11.1. The molecule has 0 saturated carbocycles.